The lowest BCUT2D eigenvalue weighted by molar-refractivity contribution is -0.221. The highest BCUT2D eigenvalue weighted by atomic mass is 16.7. The second-order valence-electron chi connectivity index (χ2n) is 4.68. The number of benzene rings is 1. The Hall–Kier alpha value is -2.28. The van der Waals surface area contributed by atoms with Crippen molar-refractivity contribution in [2.45, 2.75) is 19.2 Å². The van der Waals surface area contributed by atoms with E-state index in [1.165, 1.54) is 12.3 Å². The number of carbonyl (C=O) groups is 1. The number of pyridine rings is 1. The molecule has 2 atom stereocenters. The molecule has 0 radical (unpaired) electrons. The molecule has 0 spiro atoms. The number of primary amides is 1. The third-order valence-electron chi connectivity index (χ3n) is 3.24. The van der Waals surface area contributed by atoms with E-state index in [1.54, 1.807) is 0 Å². The van der Waals surface area contributed by atoms with E-state index in [2.05, 4.69) is 4.98 Å². The first-order chi connectivity index (χ1) is 10.1. The molecule has 6 nitrogen and oxygen atoms in total. The number of aliphatic hydroxyl groups is 1. The first-order valence-electron chi connectivity index (χ1n) is 6.44. The van der Waals surface area contributed by atoms with Crippen LogP contribution in [-0.4, -0.2) is 16.0 Å². The predicted molar refractivity (Wildman–Crippen MR) is 72.8 cm³/mol. The Morgan fingerprint density at radius 3 is 2.81 bits per heavy atom. The maximum absolute atomic E-state index is 11.2. The van der Waals surface area contributed by atoms with Crippen molar-refractivity contribution in [3.05, 3.63) is 65.0 Å². The van der Waals surface area contributed by atoms with Gasteiger partial charge < -0.3 is 20.3 Å². The van der Waals surface area contributed by atoms with Gasteiger partial charge in [0.25, 0.3) is 5.91 Å². The van der Waals surface area contributed by atoms with Crippen molar-refractivity contribution in [1.29, 1.82) is 0 Å². The fourth-order valence-electron chi connectivity index (χ4n) is 2.17. The van der Waals surface area contributed by atoms with Crippen molar-refractivity contribution in [2.24, 2.45) is 5.73 Å². The van der Waals surface area contributed by atoms with Gasteiger partial charge in [0.15, 0.2) is 12.6 Å². The maximum Gasteiger partial charge on any atom is 0.267 e. The molecule has 108 valence electrons. The van der Waals surface area contributed by atoms with E-state index in [0.29, 0.717) is 17.7 Å². The van der Waals surface area contributed by atoms with Gasteiger partial charge in [0.2, 0.25) is 0 Å². The SMILES string of the molecule is NC(=O)c1cc2c(cn1)C(O)OC2OCc1ccccc1. The van der Waals surface area contributed by atoms with E-state index in [-0.39, 0.29) is 5.69 Å². The number of aliphatic hydroxyl groups excluding tert-OH is 1. The summed E-state index contributed by atoms with van der Waals surface area (Å²) in [7, 11) is 0. The van der Waals surface area contributed by atoms with Gasteiger partial charge in [-0.25, -0.2) is 0 Å². The molecule has 1 amide bonds. The minimum Gasteiger partial charge on any atom is -0.364 e. The Morgan fingerprint density at radius 2 is 2.10 bits per heavy atom. The second kappa shape index (κ2) is 5.61. The van der Waals surface area contributed by atoms with Gasteiger partial charge >= 0.3 is 0 Å². The van der Waals surface area contributed by atoms with Crippen LogP contribution in [0.15, 0.2) is 42.6 Å². The third kappa shape index (κ3) is 2.78. The minimum atomic E-state index is -1.12. The number of carbonyl (C=O) groups excluding carboxylic acids is 1. The van der Waals surface area contributed by atoms with Gasteiger partial charge in [0.1, 0.15) is 5.69 Å². The Morgan fingerprint density at radius 1 is 1.33 bits per heavy atom. The molecular weight excluding hydrogens is 272 g/mol. The molecular formula is C15H14N2O4. The molecule has 0 saturated heterocycles. The number of ether oxygens (including phenoxy) is 2. The standard InChI is InChI=1S/C15H14N2O4/c16-13(18)12-6-10-11(7-17-12)14(19)21-15(10)20-8-9-4-2-1-3-5-9/h1-7,14-15,19H,8H2,(H2,16,18). The zero-order valence-electron chi connectivity index (χ0n) is 11.1. The zero-order chi connectivity index (χ0) is 14.8. The highest BCUT2D eigenvalue weighted by Gasteiger charge is 2.32. The van der Waals surface area contributed by atoms with Crippen molar-refractivity contribution >= 4 is 5.91 Å². The summed E-state index contributed by atoms with van der Waals surface area (Å²) in [6.45, 7) is 0.325. The predicted octanol–water partition coefficient (Wildman–Crippen LogP) is 1.42. The number of rotatable bonds is 4. The number of nitrogens with zero attached hydrogens (tertiary/aromatic N) is 1. The van der Waals surface area contributed by atoms with Crippen LogP contribution in [0.25, 0.3) is 0 Å². The van der Waals surface area contributed by atoms with E-state index in [0.717, 1.165) is 5.56 Å². The molecule has 1 aromatic heterocycles. The molecule has 0 fully saturated rings. The zero-order valence-corrected chi connectivity index (χ0v) is 11.1. The highest BCUT2D eigenvalue weighted by molar-refractivity contribution is 5.91. The van der Waals surface area contributed by atoms with Crippen molar-refractivity contribution in [3.63, 3.8) is 0 Å². The number of hydrogen-bond acceptors (Lipinski definition) is 5. The smallest absolute Gasteiger partial charge is 0.267 e. The molecule has 2 aromatic rings. The molecule has 3 N–H and O–H groups in total. The van der Waals surface area contributed by atoms with E-state index in [4.69, 9.17) is 15.2 Å². The lowest BCUT2D eigenvalue weighted by atomic mass is 10.1. The van der Waals surface area contributed by atoms with Crippen molar-refractivity contribution < 1.29 is 19.4 Å². The van der Waals surface area contributed by atoms with E-state index in [1.807, 2.05) is 30.3 Å². The van der Waals surface area contributed by atoms with Gasteiger partial charge in [-0.2, -0.15) is 0 Å². The average Bonchev–Trinajstić information content (AvgIpc) is 2.82. The van der Waals surface area contributed by atoms with E-state index >= 15 is 0 Å². The summed E-state index contributed by atoms with van der Waals surface area (Å²) in [6.07, 6.45) is -0.488. The van der Waals surface area contributed by atoms with Crippen LogP contribution in [0.4, 0.5) is 0 Å². The van der Waals surface area contributed by atoms with Crippen LogP contribution in [0.1, 0.15) is 39.8 Å². The third-order valence-corrected chi connectivity index (χ3v) is 3.24. The quantitative estimate of drug-likeness (QED) is 0.886. The molecule has 1 aromatic carbocycles. The van der Waals surface area contributed by atoms with Crippen LogP contribution < -0.4 is 5.73 Å². The van der Waals surface area contributed by atoms with Gasteiger partial charge in [0, 0.05) is 17.3 Å². The number of amides is 1. The average molecular weight is 286 g/mol. The fraction of sp³-hybridized carbons (Fsp3) is 0.200. The van der Waals surface area contributed by atoms with Crippen LogP contribution >= 0.6 is 0 Å². The van der Waals surface area contributed by atoms with Crippen molar-refractivity contribution in [2.75, 3.05) is 0 Å². The summed E-state index contributed by atoms with van der Waals surface area (Å²) >= 11 is 0. The summed E-state index contributed by atoms with van der Waals surface area (Å²) in [5, 5.41) is 9.82. The molecule has 1 aliphatic heterocycles. The Balaban J connectivity index is 1.80. The number of aromatic nitrogens is 1. The van der Waals surface area contributed by atoms with Gasteiger partial charge in [-0.1, -0.05) is 30.3 Å². The van der Waals surface area contributed by atoms with Crippen molar-refractivity contribution in [3.8, 4) is 0 Å². The van der Waals surface area contributed by atoms with Crippen LogP contribution in [0.3, 0.4) is 0 Å². The lowest BCUT2D eigenvalue weighted by Gasteiger charge is -2.13. The molecule has 2 heterocycles. The Bertz CT molecular complexity index is 660. The number of hydrogen-bond donors (Lipinski definition) is 2. The monoisotopic (exact) mass is 286 g/mol. The largest absolute Gasteiger partial charge is 0.364 e. The van der Waals surface area contributed by atoms with Gasteiger partial charge in [-0.15, -0.1) is 0 Å². The van der Waals surface area contributed by atoms with Crippen molar-refractivity contribution in [1.82, 2.24) is 4.98 Å². The van der Waals surface area contributed by atoms with Crippen LogP contribution in [-0.2, 0) is 16.1 Å². The Labute approximate surface area is 121 Å². The molecule has 0 aliphatic carbocycles. The first kappa shape index (κ1) is 13.7. The van der Waals surface area contributed by atoms with Gasteiger partial charge in [-0.05, 0) is 11.6 Å². The van der Waals surface area contributed by atoms with E-state index in [9.17, 15) is 9.90 Å². The summed E-state index contributed by atoms with van der Waals surface area (Å²) in [4.78, 5) is 15.1. The summed E-state index contributed by atoms with van der Waals surface area (Å²) in [5.74, 6) is -0.638. The minimum absolute atomic E-state index is 0.111. The first-order valence-corrected chi connectivity index (χ1v) is 6.44. The summed E-state index contributed by atoms with van der Waals surface area (Å²) in [5.41, 5.74) is 7.35. The van der Waals surface area contributed by atoms with Crippen LogP contribution in [0.5, 0.6) is 0 Å². The molecule has 0 bridgehead atoms. The number of fused-ring (bicyclic) bond motifs is 1. The normalized spacial score (nSPS) is 20.2. The van der Waals surface area contributed by atoms with Crippen LogP contribution in [0.2, 0.25) is 0 Å². The second-order valence-corrected chi connectivity index (χ2v) is 4.68. The molecule has 21 heavy (non-hydrogen) atoms. The fourth-order valence-corrected chi connectivity index (χ4v) is 2.17. The topological polar surface area (TPSA) is 94.7 Å². The van der Waals surface area contributed by atoms with Crippen LogP contribution in [0, 0.1) is 0 Å². The maximum atomic E-state index is 11.2. The van der Waals surface area contributed by atoms with Gasteiger partial charge in [0.05, 0.1) is 6.61 Å². The van der Waals surface area contributed by atoms with E-state index < -0.39 is 18.5 Å². The molecule has 0 saturated carbocycles. The molecule has 6 heteroatoms. The molecule has 2 unspecified atom stereocenters. The highest BCUT2D eigenvalue weighted by Crippen LogP contribution is 2.38. The lowest BCUT2D eigenvalue weighted by Crippen LogP contribution is -2.14. The summed E-state index contributed by atoms with van der Waals surface area (Å²) in [6, 6.07) is 11.1. The van der Waals surface area contributed by atoms with Gasteiger partial charge in [-0.3, -0.25) is 9.78 Å². The summed E-state index contributed by atoms with van der Waals surface area (Å²) < 4.78 is 11.0. The molecule has 3 rings (SSSR count). The Kier molecular flexibility index (Phi) is 3.66. The molecule has 1 aliphatic rings. The number of nitrogens with two attached hydrogens (primary N) is 1.